The predicted octanol–water partition coefficient (Wildman–Crippen LogP) is 2.95. The molecule has 8 nitrogen and oxygen atoms in total. The molecule has 5 rings (SSSR count). The van der Waals surface area contributed by atoms with Gasteiger partial charge in [0.2, 0.25) is 0 Å². The number of likely N-dealkylation sites (tertiary alicyclic amines) is 1. The number of aromatic nitrogens is 4. The molecule has 3 atom stereocenters. The van der Waals surface area contributed by atoms with Crippen molar-refractivity contribution in [3.8, 4) is 0 Å². The van der Waals surface area contributed by atoms with E-state index in [9.17, 15) is 8.42 Å². The molecule has 32 heavy (non-hydrogen) atoms. The lowest BCUT2D eigenvalue weighted by atomic mass is 10.0. The molecule has 2 saturated carbocycles. The van der Waals surface area contributed by atoms with E-state index in [1.54, 1.807) is 12.1 Å². The van der Waals surface area contributed by atoms with E-state index in [0.717, 1.165) is 70.3 Å². The highest BCUT2D eigenvalue weighted by atomic mass is 32.2. The van der Waals surface area contributed by atoms with Gasteiger partial charge in [0.1, 0.15) is 5.82 Å². The first-order valence-electron chi connectivity index (χ1n) is 11.9. The lowest BCUT2D eigenvalue weighted by Crippen LogP contribution is -2.26. The summed E-state index contributed by atoms with van der Waals surface area (Å²) in [5.41, 5.74) is 2.35. The molecule has 0 unspecified atom stereocenters. The first-order valence-corrected chi connectivity index (χ1v) is 13.5. The van der Waals surface area contributed by atoms with Crippen LogP contribution in [-0.2, 0) is 23.4 Å². The first kappa shape index (κ1) is 21.8. The van der Waals surface area contributed by atoms with Crippen LogP contribution in [0.3, 0.4) is 0 Å². The molecular formula is C23H34N6O2S. The number of nitrogens with zero attached hydrogens (tertiary/aromatic N) is 5. The molecule has 2 aromatic rings. The van der Waals surface area contributed by atoms with E-state index in [1.807, 2.05) is 11.7 Å². The van der Waals surface area contributed by atoms with Crippen LogP contribution in [0.15, 0.2) is 23.2 Å². The highest BCUT2D eigenvalue weighted by Crippen LogP contribution is 2.39. The highest BCUT2D eigenvalue weighted by Gasteiger charge is 2.41. The lowest BCUT2D eigenvalue weighted by Gasteiger charge is -2.21. The normalized spacial score (nSPS) is 27.0. The van der Waals surface area contributed by atoms with Gasteiger partial charge < -0.3 is 5.32 Å². The molecule has 1 aliphatic heterocycles. The van der Waals surface area contributed by atoms with Crippen molar-refractivity contribution in [2.75, 3.05) is 18.4 Å². The van der Waals surface area contributed by atoms with Gasteiger partial charge in [-0.3, -0.25) is 9.58 Å². The Bertz CT molecular complexity index is 1010. The monoisotopic (exact) mass is 458 g/mol. The molecule has 0 spiro atoms. The summed E-state index contributed by atoms with van der Waals surface area (Å²) in [5.74, 6) is 2.06. The number of anilines is 1. The van der Waals surface area contributed by atoms with Crippen molar-refractivity contribution in [3.05, 3.63) is 29.6 Å². The zero-order chi connectivity index (χ0) is 22.3. The SMILES string of the molecule is Cc1cc(CN2C[C@H]3C[C@H](Nc4ccc(S(=O)(=O)C5CCCCC5)nn4)C[C@H]3C2)nn1C. The second-order valence-electron chi connectivity index (χ2n) is 9.99. The number of rotatable bonds is 6. The number of hydrogen-bond donors (Lipinski definition) is 1. The van der Waals surface area contributed by atoms with Crippen LogP contribution < -0.4 is 5.32 Å². The Morgan fingerprint density at radius 3 is 2.38 bits per heavy atom. The van der Waals surface area contributed by atoms with E-state index in [1.165, 1.54) is 5.69 Å². The van der Waals surface area contributed by atoms with Crippen LogP contribution in [-0.4, -0.2) is 57.7 Å². The smallest absolute Gasteiger partial charge is 0.200 e. The topological polar surface area (TPSA) is 93.0 Å². The van der Waals surface area contributed by atoms with Gasteiger partial charge in [-0.1, -0.05) is 19.3 Å². The molecule has 1 saturated heterocycles. The molecule has 0 aromatic carbocycles. The Labute approximate surface area is 190 Å². The van der Waals surface area contributed by atoms with Crippen LogP contribution in [0.2, 0.25) is 0 Å². The van der Waals surface area contributed by atoms with E-state index in [4.69, 9.17) is 0 Å². The van der Waals surface area contributed by atoms with Gasteiger partial charge >= 0.3 is 0 Å². The first-order chi connectivity index (χ1) is 15.4. The van der Waals surface area contributed by atoms with Crippen LogP contribution >= 0.6 is 0 Å². The molecule has 9 heteroatoms. The summed E-state index contributed by atoms with van der Waals surface area (Å²) in [6.45, 7) is 5.24. The van der Waals surface area contributed by atoms with Crippen molar-refractivity contribution >= 4 is 15.7 Å². The number of fused-ring (bicyclic) bond motifs is 1. The second kappa shape index (κ2) is 8.74. The Hall–Kier alpha value is -2.00. The average molecular weight is 459 g/mol. The summed E-state index contributed by atoms with van der Waals surface area (Å²) < 4.78 is 27.6. The predicted molar refractivity (Wildman–Crippen MR) is 123 cm³/mol. The van der Waals surface area contributed by atoms with Gasteiger partial charge in [0.05, 0.1) is 10.9 Å². The summed E-state index contributed by atoms with van der Waals surface area (Å²) in [4.78, 5) is 2.53. The third-order valence-electron chi connectivity index (χ3n) is 7.65. The third kappa shape index (κ3) is 4.41. The fourth-order valence-electron chi connectivity index (χ4n) is 5.89. The van der Waals surface area contributed by atoms with Gasteiger partial charge in [0.25, 0.3) is 0 Å². The molecule has 174 valence electrons. The second-order valence-corrected chi connectivity index (χ2v) is 12.2. The number of nitrogens with one attached hydrogen (secondary N) is 1. The van der Waals surface area contributed by atoms with Gasteiger partial charge in [0.15, 0.2) is 14.9 Å². The number of sulfone groups is 1. The Balaban J connectivity index is 1.14. The summed E-state index contributed by atoms with van der Waals surface area (Å²) >= 11 is 0. The molecule has 0 bridgehead atoms. The van der Waals surface area contributed by atoms with Gasteiger partial charge in [-0.2, -0.15) is 5.10 Å². The van der Waals surface area contributed by atoms with Crippen molar-refractivity contribution < 1.29 is 8.42 Å². The van der Waals surface area contributed by atoms with E-state index < -0.39 is 9.84 Å². The van der Waals surface area contributed by atoms with E-state index in [0.29, 0.717) is 23.7 Å². The van der Waals surface area contributed by atoms with Gasteiger partial charge in [0, 0.05) is 38.4 Å². The maximum atomic E-state index is 12.8. The molecule has 3 aliphatic rings. The van der Waals surface area contributed by atoms with E-state index >= 15 is 0 Å². The summed E-state index contributed by atoms with van der Waals surface area (Å²) in [5, 5.41) is 16.2. The van der Waals surface area contributed by atoms with Crippen LogP contribution in [0.5, 0.6) is 0 Å². The maximum absolute atomic E-state index is 12.8. The molecule has 3 heterocycles. The maximum Gasteiger partial charge on any atom is 0.200 e. The van der Waals surface area contributed by atoms with Crippen molar-refractivity contribution in [2.45, 2.75) is 74.7 Å². The van der Waals surface area contributed by atoms with Gasteiger partial charge in [-0.05, 0) is 62.6 Å². The molecular weight excluding hydrogens is 424 g/mol. The van der Waals surface area contributed by atoms with Crippen molar-refractivity contribution in [2.24, 2.45) is 18.9 Å². The van der Waals surface area contributed by atoms with Gasteiger partial charge in [-0.15, -0.1) is 10.2 Å². The van der Waals surface area contributed by atoms with E-state index in [2.05, 4.69) is 38.5 Å². The Morgan fingerprint density at radius 1 is 1.06 bits per heavy atom. The van der Waals surface area contributed by atoms with Gasteiger partial charge in [-0.25, -0.2) is 8.42 Å². The fraction of sp³-hybridized carbons (Fsp3) is 0.696. The van der Waals surface area contributed by atoms with Crippen molar-refractivity contribution in [1.29, 1.82) is 0 Å². The summed E-state index contributed by atoms with van der Waals surface area (Å²) in [6.07, 6.45) is 6.82. The largest absolute Gasteiger partial charge is 0.366 e. The molecule has 1 N–H and O–H groups in total. The summed E-state index contributed by atoms with van der Waals surface area (Å²) in [6, 6.07) is 5.97. The molecule has 2 aliphatic carbocycles. The molecule has 3 fully saturated rings. The molecule has 2 aromatic heterocycles. The average Bonchev–Trinajstić information content (AvgIpc) is 3.42. The van der Waals surface area contributed by atoms with Crippen LogP contribution in [0.1, 0.15) is 56.3 Å². The Morgan fingerprint density at radius 2 is 1.78 bits per heavy atom. The number of hydrogen-bond acceptors (Lipinski definition) is 7. The highest BCUT2D eigenvalue weighted by molar-refractivity contribution is 7.92. The van der Waals surface area contributed by atoms with Crippen LogP contribution in [0.4, 0.5) is 5.82 Å². The number of aryl methyl sites for hydroxylation is 2. The Kier molecular flexibility index (Phi) is 5.96. The van der Waals surface area contributed by atoms with Crippen molar-refractivity contribution in [1.82, 2.24) is 24.9 Å². The molecule has 0 amide bonds. The van der Waals surface area contributed by atoms with Crippen LogP contribution in [0.25, 0.3) is 0 Å². The lowest BCUT2D eigenvalue weighted by molar-refractivity contribution is 0.296. The minimum atomic E-state index is -3.37. The summed E-state index contributed by atoms with van der Waals surface area (Å²) in [7, 11) is -1.37. The van der Waals surface area contributed by atoms with E-state index in [-0.39, 0.29) is 10.3 Å². The molecule has 0 radical (unpaired) electrons. The van der Waals surface area contributed by atoms with Crippen LogP contribution in [0, 0.1) is 18.8 Å². The zero-order valence-electron chi connectivity index (χ0n) is 19.1. The minimum Gasteiger partial charge on any atom is -0.366 e. The quantitative estimate of drug-likeness (QED) is 0.711. The standard InChI is InChI=1S/C23H34N6O2S/c1-16-10-20(27-28(16)2)15-29-13-17-11-19(12-18(17)14-29)24-22-8-9-23(26-25-22)32(30,31)21-6-4-3-5-7-21/h8-10,17-19,21H,3-7,11-15H2,1-2H3,(H,24,25)/t17-,18+,19+. The third-order valence-corrected chi connectivity index (χ3v) is 9.80. The fourth-order valence-corrected chi connectivity index (χ4v) is 7.60. The zero-order valence-corrected chi connectivity index (χ0v) is 19.9. The minimum absolute atomic E-state index is 0.124. The van der Waals surface area contributed by atoms with Crippen molar-refractivity contribution in [3.63, 3.8) is 0 Å².